The van der Waals surface area contributed by atoms with Gasteiger partial charge in [-0.15, -0.1) is 0 Å². The number of aromatic nitrogens is 1. The number of nitrogens with one attached hydrogen (secondary N) is 1. The molecule has 0 saturated heterocycles. The fourth-order valence-electron chi connectivity index (χ4n) is 1.62. The summed E-state index contributed by atoms with van der Waals surface area (Å²) in [5.74, 6) is 0.937. The molecule has 0 bridgehead atoms. The molecule has 0 aliphatic carbocycles. The maximum Gasteiger partial charge on any atom is 0.138 e. The highest BCUT2D eigenvalue weighted by atomic mass is 16.5. The van der Waals surface area contributed by atoms with Crippen LogP contribution in [0.25, 0.3) is 0 Å². The van der Waals surface area contributed by atoms with Crippen molar-refractivity contribution in [3.05, 3.63) is 17.0 Å². The predicted octanol–water partition coefficient (Wildman–Crippen LogP) is 1.54. The fourth-order valence-corrected chi connectivity index (χ4v) is 1.62. The van der Waals surface area contributed by atoms with E-state index in [0.29, 0.717) is 0 Å². The van der Waals surface area contributed by atoms with Crippen molar-refractivity contribution in [2.75, 3.05) is 20.1 Å². The molecular formula is C11H21N3O. The molecule has 0 fully saturated rings. The van der Waals surface area contributed by atoms with Crippen molar-refractivity contribution in [1.82, 2.24) is 15.4 Å². The number of rotatable bonds is 6. The Morgan fingerprint density at radius 3 is 2.53 bits per heavy atom. The molecule has 0 aliphatic rings. The van der Waals surface area contributed by atoms with Gasteiger partial charge in [0.1, 0.15) is 11.5 Å². The van der Waals surface area contributed by atoms with Crippen LogP contribution in [0.1, 0.15) is 30.9 Å². The van der Waals surface area contributed by atoms with E-state index in [-0.39, 0.29) is 0 Å². The third-order valence-corrected chi connectivity index (χ3v) is 2.69. The summed E-state index contributed by atoms with van der Waals surface area (Å²) in [5.41, 5.74) is 2.26. The van der Waals surface area contributed by atoms with Gasteiger partial charge in [-0.25, -0.2) is 0 Å². The van der Waals surface area contributed by atoms with Crippen LogP contribution in [0.3, 0.4) is 0 Å². The molecule has 0 spiro atoms. The summed E-state index contributed by atoms with van der Waals surface area (Å²) in [6, 6.07) is 0. The molecule has 1 aromatic rings. The van der Waals surface area contributed by atoms with Gasteiger partial charge in [-0.05, 0) is 27.1 Å². The van der Waals surface area contributed by atoms with Crippen LogP contribution in [0.5, 0.6) is 0 Å². The van der Waals surface area contributed by atoms with Crippen LogP contribution in [0.15, 0.2) is 4.52 Å². The van der Waals surface area contributed by atoms with E-state index in [9.17, 15) is 0 Å². The summed E-state index contributed by atoms with van der Waals surface area (Å²) in [5, 5.41) is 7.17. The molecule has 1 heterocycles. The Bertz CT molecular complexity index is 292. The first kappa shape index (κ1) is 12.2. The number of hydrogen-bond acceptors (Lipinski definition) is 4. The van der Waals surface area contributed by atoms with Gasteiger partial charge in [0.25, 0.3) is 0 Å². The third-order valence-electron chi connectivity index (χ3n) is 2.69. The largest absolute Gasteiger partial charge is 0.361 e. The van der Waals surface area contributed by atoms with Crippen LogP contribution in [0.4, 0.5) is 0 Å². The SMILES string of the molecule is CCN(CC)Cc1c(CNC)noc1C. The van der Waals surface area contributed by atoms with E-state index >= 15 is 0 Å². The topological polar surface area (TPSA) is 41.3 Å². The lowest BCUT2D eigenvalue weighted by molar-refractivity contribution is 0.292. The Morgan fingerprint density at radius 1 is 1.33 bits per heavy atom. The van der Waals surface area contributed by atoms with E-state index in [2.05, 4.69) is 29.2 Å². The van der Waals surface area contributed by atoms with Crippen molar-refractivity contribution in [3.63, 3.8) is 0 Å². The molecule has 0 amide bonds. The van der Waals surface area contributed by atoms with Gasteiger partial charge in [0, 0.05) is 18.7 Å². The summed E-state index contributed by atoms with van der Waals surface area (Å²) in [6.07, 6.45) is 0. The van der Waals surface area contributed by atoms with Crippen LogP contribution < -0.4 is 5.32 Å². The van der Waals surface area contributed by atoms with Gasteiger partial charge in [-0.3, -0.25) is 4.90 Å². The zero-order valence-electron chi connectivity index (χ0n) is 10.1. The molecule has 4 nitrogen and oxygen atoms in total. The molecule has 1 rings (SSSR count). The van der Waals surface area contributed by atoms with Gasteiger partial charge in [-0.1, -0.05) is 19.0 Å². The van der Waals surface area contributed by atoms with Gasteiger partial charge < -0.3 is 9.84 Å². The van der Waals surface area contributed by atoms with E-state index < -0.39 is 0 Å². The summed E-state index contributed by atoms with van der Waals surface area (Å²) in [7, 11) is 1.92. The quantitative estimate of drug-likeness (QED) is 0.775. The molecule has 4 heteroatoms. The van der Waals surface area contributed by atoms with Gasteiger partial charge in [-0.2, -0.15) is 0 Å². The first-order chi connectivity index (χ1) is 7.22. The van der Waals surface area contributed by atoms with Gasteiger partial charge in [0.15, 0.2) is 0 Å². The summed E-state index contributed by atoms with van der Waals surface area (Å²) >= 11 is 0. The monoisotopic (exact) mass is 211 g/mol. The second-order valence-corrected chi connectivity index (χ2v) is 3.66. The van der Waals surface area contributed by atoms with E-state index in [1.54, 1.807) is 0 Å². The van der Waals surface area contributed by atoms with Gasteiger partial charge in [0.2, 0.25) is 0 Å². The van der Waals surface area contributed by atoms with E-state index in [4.69, 9.17) is 4.52 Å². The highest BCUT2D eigenvalue weighted by molar-refractivity contribution is 5.21. The van der Waals surface area contributed by atoms with Crippen LogP contribution in [0, 0.1) is 6.92 Å². The first-order valence-electron chi connectivity index (χ1n) is 5.53. The average Bonchev–Trinajstić information content (AvgIpc) is 2.58. The second-order valence-electron chi connectivity index (χ2n) is 3.66. The minimum Gasteiger partial charge on any atom is -0.361 e. The summed E-state index contributed by atoms with van der Waals surface area (Å²) in [4.78, 5) is 2.36. The van der Waals surface area contributed by atoms with Crippen molar-refractivity contribution < 1.29 is 4.52 Å². The average molecular weight is 211 g/mol. The lowest BCUT2D eigenvalue weighted by atomic mass is 10.2. The fraction of sp³-hybridized carbons (Fsp3) is 0.727. The van der Waals surface area contributed by atoms with Crippen LogP contribution >= 0.6 is 0 Å². The van der Waals surface area contributed by atoms with Gasteiger partial charge in [0.05, 0.1) is 0 Å². The van der Waals surface area contributed by atoms with Crippen molar-refractivity contribution >= 4 is 0 Å². The van der Waals surface area contributed by atoms with Crippen molar-refractivity contribution in [1.29, 1.82) is 0 Å². The van der Waals surface area contributed by atoms with E-state index in [1.807, 2.05) is 14.0 Å². The highest BCUT2D eigenvalue weighted by Crippen LogP contribution is 2.15. The Morgan fingerprint density at radius 2 is 2.00 bits per heavy atom. The van der Waals surface area contributed by atoms with E-state index in [1.165, 1.54) is 5.56 Å². The molecule has 1 aromatic heterocycles. The normalized spacial score (nSPS) is 11.3. The van der Waals surface area contributed by atoms with Crippen LogP contribution in [-0.4, -0.2) is 30.2 Å². The number of aryl methyl sites for hydroxylation is 1. The molecule has 86 valence electrons. The van der Waals surface area contributed by atoms with Crippen molar-refractivity contribution in [2.45, 2.75) is 33.9 Å². The predicted molar refractivity (Wildman–Crippen MR) is 60.6 cm³/mol. The minimum absolute atomic E-state index is 0.772. The zero-order chi connectivity index (χ0) is 11.3. The molecule has 0 atom stereocenters. The van der Waals surface area contributed by atoms with Crippen LogP contribution in [0.2, 0.25) is 0 Å². The molecule has 0 radical (unpaired) electrons. The minimum atomic E-state index is 0.772. The Hall–Kier alpha value is -0.870. The van der Waals surface area contributed by atoms with Crippen LogP contribution in [-0.2, 0) is 13.1 Å². The maximum atomic E-state index is 5.22. The third kappa shape index (κ3) is 3.04. The maximum absolute atomic E-state index is 5.22. The lowest BCUT2D eigenvalue weighted by Gasteiger charge is -2.17. The molecule has 15 heavy (non-hydrogen) atoms. The van der Waals surface area contributed by atoms with Gasteiger partial charge >= 0.3 is 0 Å². The molecule has 1 N–H and O–H groups in total. The summed E-state index contributed by atoms with van der Waals surface area (Å²) < 4.78 is 5.22. The lowest BCUT2D eigenvalue weighted by Crippen LogP contribution is -2.23. The Labute approximate surface area is 91.6 Å². The zero-order valence-corrected chi connectivity index (χ0v) is 10.1. The summed E-state index contributed by atoms with van der Waals surface area (Å²) in [6.45, 7) is 10.1. The molecule has 0 unspecified atom stereocenters. The molecule has 0 aromatic carbocycles. The smallest absolute Gasteiger partial charge is 0.138 e. The Kier molecular flexibility index (Phi) is 4.78. The number of nitrogens with zero attached hydrogens (tertiary/aromatic N) is 2. The van der Waals surface area contributed by atoms with Crippen molar-refractivity contribution in [3.8, 4) is 0 Å². The molecule has 0 saturated carbocycles. The molecular weight excluding hydrogens is 190 g/mol. The van der Waals surface area contributed by atoms with Crippen molar-refractivity contribution in [2.24, 2.45) is 0 Å². The first-order valence-corrected chi connectivity index (χ1v) is 5.53. The standard InChI is InChI=1S/C11H21N3O/c1-5-14(6-2)8-10-9(3)15-13-11(10)7-12-4/h12H,5-8H2,1-4H3. The number of hydrogen-bond donors (Lipinski definition) is 1. The second kappa shape index (κ2) is 5.88. The Balaban J connectivity index is 2.77. The van der Waals surface area contributed by atoms with E-state index in [0.717, 1.165) is 37.6 Å². The highest BCUT2D eigenvalue weighted by Gasteiger charge is 2.14. The molecule has 0 aliphatic heterocycles.